The summed E-state index contributed by atoms with van der Waals surface area (Å²) in [6.45, 7) is 7.11. The number of carboxylic acids is 2. The fourth-order valence-corrected chi connectivity index (χ4v) is 5.06. The quantitative estimate of drug-likeness (QED) is 0.145. The van der Waals surface area contributed by atoms with Crippen molar-refractivity contribution in [2.24, 2.45) is 5.92 Å². The third kappa shape index (κ3) is 10.3. The number of fused-ring (bicyclic) bond motifs is 1. The minimum atomic E-state index is -2.27. The number of aliphatic hydroxyl groups excluding tert-OH is 2. The molecule has 2 aromatic heterocycles. The number of ketones is 1. The molecule has 0 amide bonds. The first kappa shape index (κ1) is 35.6. The number of oxazole rings is 1. The number of carbonyl (C=O) groups is 3. The van der Waals surface area contributed by atoms with E-state index < -0.39 is 24.1 Å². The van der Waals surface area contributed by atoms with Gasteiger partial charge in [-0.15, -0.1) is 0 Å². The Morgan fingerprint density at radius 2 is 1.78 bits per heavy atom. The van der Waals surface area contributed by atoms with Crippen LogP contribution in [0.2, 0.25) is 0 Å². The first-order chi connectivity index (χ1) is 21.4. The van der Waals surface area contributed by atoms with Crippen molar-refractivity contribution in [3.63, 3.8) is 0 Å². The van der Waals surface area contributed by atoms with Crippen LogP contribution < -0.4 is 10.1 Å². The van der Waals surface area contributed by atoms with Crippen LogP contribution in [0.15, 0.2) is 34.9 Å². The lowest BCUT2D eigenvalue weighted by molar-refractivity contribution is -0.165. The molecule has 0 radical (unpaired) electrons. The largest absolute Gasteiger partial charge is 0.496 e. The molecule has 3 atom stereocenters. The van der Waals surface area contributed by atoms with E-state index in [4.69, 9.17) is 29.6 Å². The first-order valence-corrected chi connectivity index (χ1v) is 15.1. The molecule has 0 spiro atoms. The maximum Gasteiger partial charge on any atom is 0.335 e. The summed E-state index contributed by atoms with van der Waals surface area (Å²) in [5.74, 6) is -0.397. The van der Waals surface area contributed by atoms with Crippen LogP contribution in [-0.4, -0.2) is 99.0 Å². The van der Waals surface area contributed by atoms with E-state index in [2.05, 4.69) is 39.4 Å². The van der Waals surface area contributed by atoms with E-state index >= 15 is 0 Å². The minimum Gasteiger partial charge on any atom is -0.496 e. The highest BCUT2D eigenvalue weighted by Crippen LogP contribution is 2.35. The van der Waals surface area contributed by atoms with Crippen LogP contribution in [-0.2, 0) is 14.4 Å². The molecule has 246 valence electrons. The fourth-order valence-electron chi connectivity index (χ4n) is 5.06. The van der Waals surface area contributed by atoms with Gasteiger partial charge in [-0.1, -0.05) is 25.8 Å². The average molecular weight is 629 g/mol. The van der Waals surface area contributed by atoms with Gasteiger partial charge < -0.3 is 39.8 Å². The highest BCUT2D eigenvalue weighted by Gasteiger charge is 2.29. The Morgan fingerprint density at radius 1 is 1.09 bits per heavy atom. The molecule has 1 saturated heterocycles. The Morgan fingerprint density at radius 3 is 2.38 bits per heavy atom. The van der Waals surface area contributed by atoms with Gasteiger partial charge in [0.05, 0.1) is 30.4 Å². The summed E-state index contributed by atoms with van der Waals surface area (Å²) in [6.07, 6.45) is 2.53. The number of pyridine rings is 1. The van der Waals surface area contributed by atoms with Crippen molar-refractivity contribution in [1.82, 2.24) is 20.2 Å². The zero-order valence-electron chi connectivity index (χ0n) is 26.2. The number of likely N-dealkylation sites (tertiary alicyclic amines) is 1. The van der Waals surface area contributed by atoms with Gasteiger partial charge in [-0.05, 0) is 44.9 Å². The van der Waals surface area contributed by atoms with Crippen molar-refractivity contribution in [2.45, 2.75) is 70.6 Å². The third-order valence-electron chi connectivity index (χ3n) is 7.68. The Hall–Kier alpha value is -3.91. The number of aliphatic hydroxyl groups is 2. The first-order valence-electron chi connectivity index (χ1n) is 15.1. The summed E-state index contributed by atoms with van der Waals surface area (Å²) in [5.41, 5.74) is 2.75. The summed E-state index contributed by atoms with van der Waals surface area (Å²) >= 11 is 0. The van der Waals surface area contributed by atoms with Crippen LogP contribution in [0, 0.1) is 12.8 Å². The molecule has 13 nitrogen and oxygen atoms in total. The van der Waals surface area contributed by atoms with Crippen molar-refractivity contribution >= 4 is 28.6 Å². The molecule has 3 heterocycles. The molecule has 0 aliphatic carbocycles. The third-order valence-corrected chi connectivity index (χ3v) is 7.68. The second-order valence-corrected chi connectivity index (χ2v) is 11.4. The molecular formula is C32H44N4O9. The van der Waals surface area contributed by atoms with Gasteiger partial charge in [0, 0.05) is 49.6 Å². The van der Waals surface area contributed by atoms with E-state index in [1.54, 1.807) is 13.3 Å². The van der Waals surface area contributed by atoms with E-state index in [1.807, 2.05) is 26.0 Å². The van der Waals surface area contributed by atoms with E-state index in [1.165, 1.54) is 0 Å². The molecule has 1 aliphatic heterocycles. The van der Waals surface area contributed by atoms with Crippen LogP contribution >= 0.6 is 0 Å². The number of methoxy groups -OCH3 is 1. The molecule has 1 aromatic carbocycles. The summed E-state index contributed by atoms with van der Waals surface area (Å²) in [7, 11) is 3.82. The highest BCUT2D eigenvalue weighted by molar-refractivity contribution is 5.87. The van der Waals surface area contributed by atoms with Crippen LogP contribution in [0.1, 0.15) is 63.1 Å². The number of hydrogen-bond donors (Lipinski definition) is 5. The van der Waals surface area contributed by atoms with E-state index in [9.17, 15) is 14.4 Å². The molecule has 3 aromatic rings. The number of aromatic nitrogens is 2. The topological polar surface area (TPSA) is 196 Å². The number of benzene rings is 1. The second-order valence-electron chi connectivity index (χ2n) is 11.4. The summed E-state index contributed by atoms with van der Waals surface area (Å²) in [4.78, 5) is 42.8. The zero-order chi connectivity index (χ0) is 33.1. The second kappa shape index (κ2) is 17.0. The van der Waals surface area contributed by atoms with Crippen LogP contribution in [0.25, 0.3) is 22.2 Å². The van der Waals surface area contributed by atoms with Gasteiger partial charge >= 0.3 is 11.9 Å². The molecule has 0 unspecified atom stereocenters. The number of hydrogen-bond acceptors (Lipinski definition) is 11. The molecule has 13 heteroatoms. The van der Waals surface area contributed by atoms with Gasteiger partial charge in [0.25, 0.3) is 0 Å². The van der Waals surface area contributed by atoms with Crippen LogP contribution in [0.5, 0.6) is 5.75 Å². The lowest BCUT2D eigenvalue weighted by atomic mass is 10.00. The number of aliphatic carboxylic acids is 2. The number of aryl methyl sites for hydroxylation is 1. The van der Waals surface area contributed by atoms with Crippen molar-refractivity contribution < 1.29 is 44.0 Å². The molecule has 5 N–H and O–H groups in total. The predicted octanol–water partition coefficient (Wildman–Crippen LogP) is 3.21. The number of rotatable bonds is 16. The summed E-state index contributed by atoms with van der Waals surface area (Å²) < 4.78 is 12.0. The minimum absolute atomic E-state index is 0.0484. The fraction of sp³-hybridized carbons (Fsp3) is 0.531. The lowest BCUT2D eigenvalue weighted by Gasteiger charge is -2.37. The molecule has 1 fully saturated rings. The SMILES string of the molecule is CCC(=O)CCCCC[C@H](NCC1CN(C)C1)c1ncc(-c2cc3ccc(C)nc3cc2OC)o1.O=C(O)[C@H](O)[C@@H](O)C(=O)O. The van der Waals surface area contributed by atoms with Gasteiger partial charge in [-0.3, -0.25) is 9.78 Å². The standard InChI is InChI=1S/C28H38N4O3.C4H6O6/c1-5-22(33)9-7-6-8-10-24(29-15-20-17-32(3)18-20)28-30-16-27(35-28)23-13-21-12-11-19(2)31-25(21)14-26(23)34-4;5-1(3(7)8)2(6)4(9)10/h11-14,16,20,24,29H,5-10,15,17-18H2,1-4H3;1-2,5-6H,(H,7,8)(H,9,10)/t24-;1-,2-/m01/s1. The van der Waals surface area contributed by atoms with Gasteiger partial charge in [0.1, 0.15) is 11.5 Å². The molecule has 0 bridgehead atoms. The average Bonchev–Trinajstić information content (AvgIpc) is 3.49. The highest BCUT2D eigenvalue weighted by atomic mass is 16.5. The number of carbonyl (C=O) groups excluding carboxylic acids is 1. The number of nitrogens with zero attached hydrogens (tertiary/aromatic N) is 3. The summed E-state index contributed by atoms with van der Waals surface area (Å²) in [5, 5.41) is 37.3. The van der Waals surface area contributed by atoms with Crippen molar-refractivity contribution in [2.75, 3.05) is 33.8 Å². The van der Waals surface area contributed by atoms with E-state index in [-0.39, 0.29) is 6.04 Å². The normalized spacial score (nSPS) is 15.4. The summed E-state index contributed by atoms with van der Waals surface area (Å²) in [6, 6.07) is 8.15. The lowest BCUT2D eigenvalue weighted by Crippen LogP contribution is -2.48. The smallest absolute Gasteiger partial charge is 0.335 e. The zero-order valence-corrected chi connectivity index (χ0v) is 26.2. The van der Waals surface area contributed by atoms with Crippen molar-refractivity contribution in [3.05, 3.63) is 42.0 Å². The maximum absolute atomic E-state index is 11.6. The molecular weight excluding hydrogens is 584 g/mol. The molecule has 45 heavy (non-hydrogen) atoms. The van der Waals surface area contributed by atoms with Crippen molar-refractivity contribution in [3.8, 4) is 17.1 Å². The van der Waals surface area contributed by atoms with Gasteiger partial charge in [-0.25, -0.2) is 14.6 Å². The van der Waals surface area contributed by atoms with Gasteiger partial charge in [0.2, 0.25) is 5.89 Å². The molecule has 4 rings (SSSR count). The van der Waals surface area contributed by atoms with Crippen LogP contribution in [0.3, 0.4) is 0 Å². The number of Topliss-reactive ketones (excluding diaryl/α,β-unsaturated/α-hetero) is 1. The molecule has 1 aliphatic rings. The Balaban J connectivity index is 0.000000477. The Kier molecular flexibility index (Phi) is 13.4. The number of carboxylic acid groups (broad SMARTS) is 2. The van der Waals surface area contributed by atoms with Crippen LogP contribution in [0.4, 0.5) is 0 Å². The van der Waals surface area contributed by atoms with Gasteiger partial charge in [-0.2, -0.15) is 0 Å². The number of unbranched alkanes of at least 4 members (excludes halogenated alkanes) is 2. The monoisotopic (exact) mass is 628 g/mol. The number of nitrogens with one attached hydrogen (secondary N) is 1. The predicted molar refractivity (Wildman–Crippen MR) is 166 cm³/mol. The van der Waals surface area contributed by atoms with E-state index in [0.717, 1.165) is 73.2 Å². The Labute approximate surface area is 262 Å². The molecule has 0 saturated carbocycles. The van der Waals surface area contributed by atoms with Crippen molar-refractivity contribution in [1.29, 1.82) is 0 Å². The maximum atomic E-state index is 11.6. The Bertz CT molecular complexity index is 1420. The van der Waals surface area contributed by atoms with E-state index in [0.29, 0.717) is 36.2 Å². The van der Waals surface area contributed by atoms with Gasteiger partial charge in [0.15, 0.2) is 18.0 Å². The number of ether oxygens (including phenoxy) is 1.